The topological polar surface area (TPSA) is 26.8 Å². The molecule has 1 fully saturated rings. The van der Waals surface area contributed by atoms with Gasteiger partial charge in [-0.15, -0.1) is 0 Å². The van der Waals surface area contributed by atoms with E-state index in [0.29, 0.717) is 0 Å². The van der Waals surface area contributed by atoms with E-state index >= 15 is 0 Å². The normalized spacial score (nSPS) is 17.9. The smallest absolute Gasteiger partial charge is 0.239 e. The van der Waals surface area contributed by atoms with Gasteiger partial charge in [-0.1, -0.05) is 0 Å². The molecule has 1 unspecified atom stereocenters. The van der Waals surface area contributed by atoms with Crippen molar-refractivity contribution >= 4 is 11.6 Å². The van der Waals surface area contributed by atoms with Crippen molar-refractivity contribution in [1.29, 1.82) is 0 Å². The molecule has 0 aromatic heterocycles. The van der Waals surface area contributed by atoms with Crippen LogP contribution in [0.15, 0.2) is 24.3 Å². The molecule has 2 rings (SSSR count). The zero-order valence-corrected chi connectivity index (χ0v) is 12.3. The van der Waals surface area contributed by atoms with Gasteiger partial charge < -0.3 is 9.80 Å². The second-order valence-corrected chi connectivity index (χ2v) is 5.41. The molecule has 0 aliphatic carbocycles. The number of nitrogens with zero attached hydrogens (tertiary/aromatic N) is 3. The number of rotatable bonds is 3. The average Bonchev–Trinajstić information content (AvgIpc) is 2.46. The molecule has 0 saturated carbocycles. The highest BCUT2D eigenvalue weighted by molar-refractivity contribution is 5.81. The average molecular weight is 279 g/mol. The Balaban J connectivity index is 1.92. The zero-order chi connectivity index (χ0) is 14.7. The van der Waals surface area contributed by atoms with E-state index in [-0.39, 0.29) is 17.8 Å². The van der Waals surface area contributed by atoms with Gasteiger partial charge >= 0.3 is 0 Å². The van der Waals surface area contributed by atoms with Crippen molar-refractivity contribution in [2.24, 2.45) is 0 Å². The fraction of sp³-hybridized carbons (Fsp3) is 0.533. The molecule has 1 atom stereocenters. The highest BCUT2D eigenvalue weighted by atomic mass is 19.1. The molecule has 0 spiro atoms. The van der Waals surface area contributed by atoms with E-state index in [2.05, 4.69) is 9.80 Å². The molecule has 1 aliphatic heterocycles. The lowest BCUT2D eigenvalue weighted by atomic mass is 10.2. The highest BCUT2D eigenvalue weighted by Gasteiger charge is 2.26. The second kappa shape index (κ2) is 6.22. The quantitative estimate of drug-likeness (QED) is 0.837. The van der Waals surface area contributed by atoms with Crippen LogP contribution >= 0.6 is 0 Å². The van der Waals surface area contributed by atoms with E-state index < -0.39 is 0 Å². The lowest BCUT2D eigenvalue weighted by Gasteiger charge is -2.39. The summed E-state index contributed by atoms with van der Waals surface area (Å²) in [5.41, 5.74) is 1.04. The van der Waals surface area contributed by atoms with Gasteiger partial charge in [-0.3, -0.25) is 9.69 Å². The van der Waals surface area contributed by atoms with Crippen LogP contribution in [-0.4, -0.2) is 62.0 Å². The van der Waals surface area contributed by atoms with E-state index in [1.54, 1.807) is 31.1 Å². The number of carbonyl (C=O) groups is 1. The third-order valence-corrected chi connectivity index (χ3v) is 3.85. The lowest BCUT2D eigenvalue weighted by molar-refractivity contribution is -0.133. The Bertz CT molecular complexity index is 453. The molecule has 1 aromatic carbocycles. The van der Waals surface area contributed by atoms with Crippen LogP contribution < -0.4 is 4.90 Å². The molecular formula is C15H22FN3O. The summed E-state index contributed by atoms with van der Waals surface area (Å²) in [6.07, 6.45) is 0. The van der Waals surface area contributed by atoms with E-state index in [4.69, 9.17) is 0 Å². The Labute approximate surface area is 119 Å². The molecule has 1 saturated heterocycles. The largest absolute Gasteiger partial charge is 0.369 e. The summed E-state index contributed by atoms with van der Waals surface area (Å²) >= 11 is 0. The Morgan fingerprint density at radius 3 is 2.20 bits per heavy atom. The predicted octanol–water partition coefficient (Wildman–Crippen LogP) is 1.42. The van der Waals surface area contributed by atoms with Crippen LogP contribution in [0.25, 0.3) is 0 Å². The standard InChI is InChI=1S/C15H22FN3O/c1-12(15(20)17(2)3)18-8-10-19(11-9-18)14-6-4-13(16)5-7-14/h4-7,12H,8-11H2,1-3H3. The SMILES string of the molecule is CC(C(=O)N(C)C)N1CCN(c2ccc(F)cc2)CC1. The van der Waals surface area contributed by atoms with Crippen LogP contribution in [0.5, 0.6) is 0 Å². The first-order valence-corrected chi connectivity index (χ1v) is 6.95. The minimum absolute atomic E-state index is 0.0830. The van der Waals surface area contributed by atoms with E-state index in [1.165, 1.54) is 12.1 Å². The van der Waals surface area contributed by atoms with Crippen molar-refractivity contribution in [3.8, 4) is 0 Å². The molecule has 110 valence electrons. The minimum Gasteiger partial charge on any atom is -0.369 e. The number of hydrogen-bond acceptors (Lipinski definition) is 3. The van der Waals surface area contributed by atoms with Gasteiger partial charge in [-0.25, -0.2) is 4.39 Å². The van der Waals surface area contributed by atoms with Crippen LogP contribution in [0.3, 0.4) is 0 Å². The summed E-state index contributed by atoms with van der Waals surface area (Å²) in [4.78, 5) is 18.0. The Morgan fingerprint density at radius 2 is 1.70 bits per heavy atom. The van der Waals surface area contributed by atoms with Crippen LogP contribution in [0.1, 0.15) is 6.92 Å². The fourth-order valence-corrected chi connectivity index (χ4v) is 2.55. The molecule has 4 nitrogen and oxygen atoms in total. The van der Waals surface area contributed by atoms with E-state index in [0.717, 1.165) is 31.9 Å². The van der Waals surface area contributed by atoms with Gasteiger partial charge in [0.05, 0.1) is 6.04 Å². The molecular weight excluding hydrogens is 257 g/mol. The number of benzene rings is 1. The molecule has 0 N–H and O–H groups in total. The maximum absolute atomic E-state index is 12.9. The van der Waals surface area contributed by atoms with Crippen LogP contribution in [0.2, 0.25) is 0 Å². The Kier molecular flexibility index (Phi) is 4.60. The number of anilines is 1. The first-order valence-electron chi connectivity index (χ1n) is 6.95. The van der Waals surface area contributed by atoms with Gasteiger partial charge in [0, 0.05) is 46.0 Å². The lowest BCUT2D eigenvalue weighted by Crippen LogP contribution is -2.53. The third-order valence-electron chi connectivity index (χ3n) is 3.85. The summed E-state index contributed by atoms with van der Waals surface area (Å²) in [5.74, 6) is -0.0715. The van der Waals surface area contributed by atoms with Gasteiger partial charge in [0.25, 0.3) is 0 Å². The number of likely N-dealkylation sites (N-methyl/N-ethyl adjacent to an activating group) is 1. The van der Waals surface area contributed by atoms with E-state index in [9.17, 15) is 9.18 Å². The zero-order valence-electron chi connectivity index (χ0n) is 12.3. The Morgan fingerprint density at radius 1 is 1.15 bits per heavy atom. The number of hydrogen-bond donors (Lipinski definition) is 0. The molecule has 1 aliphatic rings. The number of carbonyl (C=O) groups excluding carboxylic acids is 1. The summed E-state index contributed by atoms with van der Waals surface area (Å²) in [7, 11) is 3.57. The van der Waals surface area contributed by atoms with Gasteiger partial charge in [0.15, 0.2) is 0 Å². The monoisotopic (exact) mass is 279 g/mol. The number of piperazine rings is 1. The van der Waals surface area contributed by atoms with Crippen LogP contribution in [0.4, 0.5) is 10.1 Å². The van der Waals surface area contributed by atoms with Crippen LogP contribution in [0, 0.1) is 5.82 Å². The minimum atomic E-state index is -0.211. The molecule has 1 aromatic rings. The van der Waals surface area contributed by atoms with E-state index in [1.807, 2.05) is 6.92 Å². The van der Waals surface area contributed by atoms with Crippen LogP contribution in [-0.2, 0) is 4.79 Å². The maximum atomic E-state index is 12.9. The third kappa shape index (κ3) is 3.28. The summed E-state index contributed by atoms with van der Waals surface area (Å²) in [6, 6.07) is 6.50. The van der Waals surface area contributed by atoms with Gasteiger partial charge in [-0.05, 0) is 31.2 Å². The number of halogens is 1. The first kappa shape index (κ1) is 14.8. The van der Waals surface area contributed by atoms with Crippen molar-refractivity contribution in [2.75, 3.05) is 45.2 Å². The van der Waals surface area contributed by atoms with Crippen molar-refractivity contribution in [2.45, 2.75) is 13.0 Å². The predicted molar refractivity (Wildman–Crippen MR) is 78.3 cm³/mol. The van der Waals surface area contributed by atoms with Crippen molar-refractivity contribution < 1.29 is 9.18 Å². The fourth-order valence-electron chi connectivity index (χ4n) is 2.55. The van der Waals surface area contributed by atoms with Crippen molar-refractivity contribution in [1.82, 2.24) is 9.80 Å². The highest BCUT2D eigenvalue weighted by Crippen LogP contribution is 2.18. The summed E-state index contributed by atoms with van der Waals surface area (Å²) in [5, 5.41) is 0. The van der Waals surface area contributed by atoms with Crippen molar-refractivity contribution in [3.05, 3.63) is 30.1 Å². The second-order valence-electron chi connectivity index (χ2n) is 5.41. The molecule has 20 heavy (non-hydrogen) atoms. The Hall–Kier alpha value is -1.62. The summed E-state index contributed by atoms with van der Waals surface area (Å²) < 4.78 is 12.9. The molecule has 5 heteroatoms. The molecule has 1 heterocycles. The molecule has 0 radical (unpaired) electrons. The number of amides is 1. The first-order chi connectivity index (χ1) is 9.49. The maximum Gasteiger partial charge on any atom is 0.239 e. The van der Waals surface area contributed by atoms with Gasteiger partial charge in [-0.2, -0.15) is 0 Å². The molecule has 0 bridgehead atoms. The molecule has 1 amide bonds. The van der Waals surface area contributed by atoms with Gasteiger partial charge in [0.1, 0.15) is 5.82 Å². The van der Waals surface area contributed by atoms with Gasteiger partial charge in [0.2, 0.25) is 5.91 Å². The van der Waals surface area contributed by atoms with Crippen molar-refractivity contribution in [3.63, 3.8) is 0 Å². The summed E-state index contributed by atoms with van der Waals surface area (Å²) in [6.45, 7) is 5.36.